The third kappa shape index (κ3) is 7.46. The summed E-state index contributed by atoms with van der Waals surface area (Å²) in [5.41, 5.74) is 3.25. The highest BCUT2D eigenvalue weighted by molar-refractivity contribution is 5.92. The summed E-state index contributed by atoms with van der Waals surface area (Å²) < 4.78 is 21.8. The fourth-order valence-corrected chi connectivity index (χ4v) is 3.57. The molecule has 2 aromatic carbocycles. The van der Waals surface area contributed by atoms with Crippen LogP contribution in [0, 0.1) is 13.8 Å². The third-order valence-electron chi connectivity index (χ3n) is 5.42. The monoisotopic (exact) mass is 492 g/mol. The molecule has 0 saturated carbocycles. The van der Waals surface area contributed by atoms with Gasteiger partial charge in [-0.3, -0.25) is 9.59 Å². The molecule has 1 atom stereocenters. The number of rotatable bonds is 11. The summed E-state index contributed by atoms with van der Waals surface area (Å²) in [4.78, 5) is 24.9. The molecule has 0 aliphatic heterocycles. The second kappa shape index (κ2) is 12.6. The normalized spacial score (nSPS) is 11.9. The van der Waals surface area contributed by atoms with Gasteiger partial charge in [0.2, 0.25) is 5.91 Å². The lowest BCUT2D eigenvalue weighted by molar-refractivity contribution is -0.148. The van der Waals surface area contributed by atoms with Crippen LogP contribution in [0.5, 0.6) is 11.5 Å². The van der Waals surface area contributed by atoms with Gasteiger partial charge in [0.1, 0.15) is 12.4 Å². The predicted octanol–water partition coefficient (Wildman–Crippen LogP) is 5.09. The number of aryl methyl sites for hydroxylation is 2. The highest BCUT2D eigenvalue weighted by Gasteiger charge is 2.19. The lowest BCUT2D eigenvalue weighted by Crippen LogP contribution is -2.29. The zero-order valence-corrected chi connectivity index (χ0v) is 21.2. The molecule has 0 fully saturated rings. The fraction of sp³-hybridized carbons (Fsp3) is 0.321. The highest BCUT2D eigenvalue weighted by atomic mass is 16.5. The van der Waals surface area contributed by atoms with E-state index in [2.05, 4.69) is 10.5 Å². The van der Waals surface area contributed by atoms with E-state index in [1.807, 2.05) is 50.2 Å². The molecule has 0 spiro atoms. The van der Waals surface area contributed by atoms with Gasteiger partial charge in [0, 0.05) is 6.08 Å². The van der Waals surface area contributed by atoms with Gasteiger partial charge in [-0.25, -0.2) is 0 Å². The highest BCUT2D eigenvalue weighted by Crippen LogP contribution is 2.30. The summed E-state index contributed by atoms with van der Waals surface area (Å²) >= 11 is 0. The Labute approximate surface area is 211 Å². The Morgan fingerprint density at radius 1 is 1.08 bits per heavy atom. The number of carbonyl (C=O) groups excluding carboxylic acids is 2. The number of nitrogens with zero attached hydrogens (tertiary/aromatic N) is 1. The molecule has 0 bridgehead atoms. The van der Waals surface area contributed by atoms with Crippen molar-refractivity contribution in [2.75, 3.05) is 7.11 Å². The summed E-state index contributed by atoms with van der Waals surface area (Å²) in [6.45, 7) is 7.58. The molecule has 36 heavy (non-hydrogen) atoms. The van der Waals surface area contributed by atoms with Gasteiger partial charge in [0.25, 0.3) is 0 Å². The zero-order chi connectivity index (χ0) is 26.1. The molecule has 190 valence electrons. The number of aromatic nitrogens is 1. The number of carbonyl (C=O) groups is 2. The summed E-state index contributed by atoms with van der Waals surface area (Å²) in [6.07, 6.45) is 2.90. The lowest BCUT2D eigenvalue weighted by Gasteiger charge is -2.18. The molecule has 1 unspecified atom stereocenters. The minimum absolute atomic E-state index is 0.0345. The zero-order valence-electron chi connectivity index (χ0n) is 21.2. The second-order valence-corrected chi connectivity index (χ2v) is 8.55. The smallest absolute Gasteiger partial charge is 0.308 e. The van der Waals surface area contributed by atoms with Gasteiger partial charge in [0.15, 0.2) is 11.5 Å². The largest absolute Gasteiger partial charge is 0.493 e. The van der Waals surface area contributed by atoms with Crippen LogP contribution in [0.4, 0.5) is 0 Å². The van der Waals surface area contributed by atoms with Gasteiger partial charge in [-0.05, 0) is 57.0 Å². The molecular weight excluding hydrogens is 460 g/mol. The Morgan fingerprint density at radius 3 is 2.47 bits per heavy atom. The minimum atomic E-state index is -0.510. The Balaban J connectivity index is 1.67. The quantitative estimate of drug-likeness (QED) is 0.294. The predicted molar refractivity (Wildman–Crippen MR) is 136 cm³/mol. The van der Waals surface area contributed by atoms with E-state index in [0.717, 1.165) is 22.4 Å². The first kappa shape index (κ1) is 26.5. The van der Waals surface area contributed by atoms with Crippen molar-refractivity contribution in [3.05, 3.63) is 82.8 Å². The van der Waals surface area contributed by atoms with Crippen molar-refractivity contribution in [2.45, 2.75) is 52.9 Å². The topological polar surface area (TPSA) is 99.9 Å². The summed E-state index contributed by atoms with van der Waals surface area (Å²) in [7, 11) is 1.55. The molecule has 1 heterocycles. The molecule has 0 aliphatic carbocycles. The van der Waals surface area contributed by atoms with E-state index in [9.17, 15) is 9.59 Å². The number of esters is 1. The van der Waals surface area contributed by atoms with Gasteiger partial charge in [-0.15, -0.1) is 0 Å². The van der Waals surface area contributed by atoms with Crippen LogP contribution < -0.4 is 14.8 Å². The molecule has 1 aromatic heterocycles. The number of hydrogen-bond acceptors (Lipinski definition) is 7. The average Bonchev–Trinajstić information content (AvgIpc) is 3.18. The molecule has 1 amide bonds. The van der Waals surface area contributed by atoms with Crippen LogP contribution in [0.25, 0.3) is 6.08 Å². The van der Waals surface area contributed by atoms with Crippen molar-refractivity contribution in [2.24, 2.45) is 0 Å². The van der Waals surface area contributed by atoms with Crippen molar-refractivity contribution in [3.8, 4) is 11.5 Å². The Kier molecular flexibility index (Phi) is 9.27. The number of hydrogen-bond donors (Lipinski definition) is 1. The van der Waals surface area contributed by atoms with Gasteiger partial charge in [0.05, 0.1) is 36.9 Å². The minimum Gasteiger partial charge on any atom is -0.493 e. The maximum atomic E-state index is 12.7. The van der Waals surface area contributed by atoms with Crippen LogP contribution in [0.2, 0.25) is 0 Å². The standard InChI is InChI=1S/C28H32N2O6/c1-18(2)35-28(32)16-24(22-9-7-6-8-10-22)29-27(31)14-12-21-11-13-25(26(15-21)33-5)34-17-23-19(3)30-36-20(23)4/h6-15,18,24H,16-17H2,1-5H3,(H,29,31)/b14-12+. The lowest BCUT2D eigenvalue weighted by atomic mass is 10.0. The van der Waals surface area contributed by atoms with E-state index in [4.69, 9.17) is 18.7 Å². The van der Waals surface area contributed by atoms with Crippen LogP contribution in [-0.2, 0) is 20.9 Å². The molecule has 8 nitrogen and oxygen atoms in total. The molecule has 3 rings (SSSR count). The van der Waals surface area contributed by atoms with E-state index in [1.54, 1.807) is 39.2 Å². The van der Waals surface area contributed by atoms with Gasteiger partial charge >= 0.3 is 5.97 Å². The third-order valence-corrected chi connectivity index (χ3v) is 5.42. The van der Waals surface area contributed by atoms with E-state index >= 15 is 0 Å². The van der Waals surface area contributed by atoms with E-state index in [0.29, 0.717) is 23.9 Å². The first-order valence-electron chi connectivity index (χ1n) is 11.7. The van der Waals surface area contributed by atoms with E-state index in [-0.39, 0.29) is 24.4 Å². The molecule has 1 N–H and O–H groups in total. The second-order valence-electron chi connectivity index (χ2n) is 8.55. The van der Waals surface area contributed by atoms with Crippen LogP contribution >= 0.6 is 0 Å². The van der Waals surface area contributed by atoms with Crippen molar-refractivity contribution in [1.82, 2.24) is 10.5 Å². The number of amides is 1. The van der Waals surface area contributed by atoms with Crippen LogP contribution in [0.3, 0.4) is 0 Å². The molecule has 0 radical (unpaired) electrons. The number of benzene rings is 2. The van der Waals surface area contributed by atoms with Crippen LogP contribution in [0.1, 0.15) is 54.5 Å². The van der Waals surface area contributed by atoms with E-state index in [1.165, 1.54) is 6.08 Å². The summed E-state index contributed by atoms with van der Waals surface area (Å²) in [6, 6.07) is 14.2. The fourth-order valence-electron chi connectivity index (χ4n) is 3.57. The van der Waals surface area contributed by atoms with Gasteiger partial charge in [-0.2, -0.15) is 0 Å². The summed E-state index contributed by atoms with van der Waals surface area (Å²) in [5.74, 6) is 1.09. The molecule has 0 aliphatic rings. The van der Waals surface area contributed by atoms with Crippen LogP contribution in [0.15, 0.2) is 59.1 Å². The average molecular weight is 493 g/mol. The van der Waals surface area contributed by atoms with Crippen molar-refractivity contribution >= 4 is 18.0 Å². The molecule has 3 aromatic rings. The molecular formula is C28H32N2O6. The van der Waals surface area contributed by atoms with Crippen LogP contribution in [-0.4, -0.2) is 30.2 Å². The number of nitrogens with one attached hydrogen (secondary N) is 1. The molecule has 8 heteroatoms. The Bertz CT molecular complexity index is 1180. The number of methoxy groups -OCH3 is 1. The van der Waals surface area contributed by atoms with Crippen molar-refractivity contribution < 1.29 is 28.3 Å². The number of ether oxygens (including phenoxy) is 3. The summed E-state index contributed by atoms with van der Waals surface area (Å²) in [5, 5.41) is 6.83. The van der Waals surface area contributed by atoms with Gasteiger partial charge in [-0.1, -0.05) is 41.6 Å². The SMILES string of the molecule is COc1cc(/C=C/C(=O)NC(CC(=O)OC(C)C)c2ccccc2)ccc1OCc1c(C)noc1C. The van der Waals surface area contributed by atoms with E-state index < -0.39 is 6.04 Å². The maximum Gasteiger partial charge on any atom is 0.308 e. The molecule has 0 saturated heterocycles. The van der Waals surface area contributed by atoms with Gasteiger partial charge < -0.3 is 24.1 Å². The first-order valence-corrected chi connectivity index (χ1v) is 11.7. The first-order chi connectivity index (χ1) is 17.3. The van der Waals surface area contributed by atoms with Crippen molar-refractivity contribution in [1.29, 1.82) is 0 Å². The maximum absolute atomic E-state index is 12.7. The Morgan fingerprint density at radius 2 is 1.83 bits per heavy atom. The Hall–Kier alpha value is -4.07. The van der Waals surface area contributed by atoms with Crippen molar-refractivity contribution in [3.63, 3.8) is 0 Å².